The summed E-state index contributed by atoms with van der Waals surface area (Å²) < 4.78 is 16.1. The third-order valence-corrected chi connectivity index (χ3v) is 7.92. The lowest BCUT2D eigenvalue weighted by atomic mass is 9.83. The van der Waals surface area contributed by atoms with Gasteiger partial charge < -0.3 is 28.9 Å². The van der Waals surface area contributed by atoms with Crippen LogP contribution in [0.25, 0.3) is 0 Å². The topological polar surface area (TPSA) is 71.6 Å². The van der Waals surface area contributed by atoms with Gasteiger partial charge in [-0.2, -0.15) is 0 Å². The normalized spacial score (nSPS) is 24.8. The maximum atomic E-state index is 13.8. The van der Waals surface area contributed by atoms with Crippen LogP contribution in [0.1, 0.15) is 44.9 Å². The van der Waals surface area contributed by atoms with Crippen LogP contribution >= 0.6 is 0 Å². The summed E-state index contributed by atoms with van der Waals surface area (Å²) in [4.78, 5) is 33.2. The fourth-order valence-electron chi connectivity index (χ4n) is 6.14. The molecule has 1 aromatic rings. The van der Waals surface area contributed by atoms with Gasteiger partial charge in [-0.1, -0.05) is 6.42 Å². The third-order valence-electron chi connectivity index (χ3n) is 7.92. The molecule has 3 heterocycles. The number of rotatable bonds is 10. The molecule has 2 amide bonds. The molecule has 8 heteroatoms. The number of amides is 2. The van der Waals surface area contributed by atoms with E-state index in [9.17, 15) is 9.59 Å². The smallest absolute Gasteiger partial charge is 0.228 e. The van der Waals surface area contributed by atoms with Crippen LogP contribution in [0, 0.1) is 11.8 Å². The van der Waals surface area contributed by atoms with Gasteiger partial charge in [0.25, 0.3) is 0 Å². The van der Waals surface area contributed by atoms with Crippen molar-refractivity contribution in [2.24, 2.45) is 11.8 Å². The average molecular weight is 488 g/mol. The Morgan fingerprint density at radius 2 is 1.91 bits per heavy atom. The highest BCUT2D eigenvalue weighted by Gasteiger charge is 2.40. The molecule has 3 aliphatic heterocycles. The Balaban J connectivity index is 1.47. The van der Waals surface area contributed by atoms with E-state index in [2.05, 4.69) is 4.90 Å². The zero-order chi connectivity index (χ0) is 24.8. The molecule has 0 radical (unpaired) electrons. The highest BCUT2D eigenvalue weighted by Crippen LogP contribution is 2.37. The fourth-order valence-corrected chi connectivity index (χ4v) is 6.14. The molecule has 3 saturated heterocycles. The molecule has 0 aromatic heterocycles. The van der Waals surface area contributed by atoms with Crippen LogP contribution in [-0.4, -0.2) is 88.3 Å². The molecular formula is C27H41N3O5. The Hall–Kier alpha value is -2.32. The summed E-state index contributed by atoms with van der Waals surface area (Å²) in [5.74, 6) is 1.45. The number of hydrogen-bond acceptors (Lipinski definition) is 6. The number of carbonyl (C=O) groups excluding carboxylic acids is 2. The van der Waals surface area contributed by atoms with Gasteiger partial charge in [0, 0.05) is 51.9 Å². The molecule has 3 aliphatic rings. The molecule has 3 atom stereocenters. The highest BCUT2D eigenvalue weighted by atomic mass is 16.5. The van der Waals surface area contributed by atoms with E-state index in [0.717, 1.165) is 13.0 Å². The second-order valence-electron chi connectivity index (χ2n) is 10.1. The minimum atomic E-state index is -0.345. The lowest BCUT2D eigenvalue weighted by Crippen LogP contribution is -2.52. The first kappa shape index (κ1) is 25.8. The maximum absolute atomic E-state index is 13.8. The molecular weight excluding hydrogens is 446 g/mol. The third kappa shape index (κ3) is 5.92. The summed E-state index contributed by atoms with van der Waals surface area (Å²) >= 11 is 0. The van der Waals surface area contributed by atoms with Gasteiger partial charge in [0.2, 0.25) is 11.8 Å². The van der Waals surface area contributed by atoms with Crippen molar-refractivity contribution < 1.29 is 23.8 Å². The van der Waals surface area contributed by atoms with Gasteiger partial charge in [-0.3, -0.25) is 9.59 Å². The standard InChI is InChI=1S/C27H41N3O5/c1-33-15-7-14-29(18-20-8-6-13-28-12-5-4-9-23(20)28)27(32)21-16-26(31)30(19-21)24-11-10-22(34-2)17-25(24)35-3/h10-11,17,20-21,23H,4-9,12-16,18-19H2,1-3H3/t20-,21+,23-/m0/s1. The molecule has 8 nitrogen and oxygen atoms in total. The molecule has 1 aromatic carbocycles. The van der Waals surface area contributed by atoms with Gasteiger partial charge in [-0.15, -0.1) is 0 Å². The fraction of sp³-hybridized carbons (Fsp3) is 0.704. The van der Waals surface area contributed by atoms with Crippen LogP contribution in [0.4, 0.5) is 5.69 Å². The van der Waals surface area contributed by atoms with E-state index in [1.165, 1.54) is 45.2 Å². The predicted octanol–water partition coefficient (Wildman–Crippen LogP) is 3.19. The second-order valence-corrected chi connectivity index (χ2v) is 10.1. The summed E-state index contributed by atoms with van der Waals surface area (Å²) in [6.45, 7) is 4.83. The van der Waals surface area contributed by atoms with Crippen LogP contribution in [-0.2, 0) is 14.3 Å². The van der Waals surface area contributed by atoms with Gasteiger partial charge in [0.1, 0.15) is 11.5 Å². The monoisotopic (exact) mass is 487 g/mol. The predicted molar refractivity (Wildman–Crippen MR) is 135 cm³/mol. The van der Waals surface area contributed by atoms with Crippen molar-refractivity contribution in [3.63, 3.8) is 0 Å². The maximum Gasteiger partial charge on any atom is 0.228 e. The van der Waals surface area contributed by atoms with Crippen LogP contribution in [0.5, 0.6) is 11.5 Å². The number of carbonyl (C=O) groups is 2. The Morgan fingerprint density at radius 3 is 2.69 bits per heavy atom. The molecule has 3 fully saturated rings. The van der Waals surface area contributed by atoms with Crippen molar-refractivity contribution >= 4 is 17.5 Å². The quantitative estimate of drug-likeness (QED) is 0.472. The van der Waals surface area contributed by atoms with Gasteiger partial charge in [0.05, 0.1) is 25.8 Å². The number of benzene rings is 1. The summed E-state index contributed by atoms with van der Waals surface area (Å²) in [5.41, 5.74) is 0.685. The molecule has 0 saturated carbocycles. The first-order valence-corrected chi connectivity index (χ1v) is 13.1. The van der Waals surface area contributed by atoms with Crippen molar-refractivity contribution in [1.82, 2.24) is 9.80 Å². The summed E-state index contributed by atoms with van der Waals surface area (Å²) in [6.07, 6.45) is 7.22. The van der Waals surface area contributed by atoms with E-state index in [0.29, 0.717) is 48.8 Å². The van der Waals surface area contributed by atoms with Crippen molar-refractivity contribution in [1.29, 1.82) is 0 Å². The van der Waals surface area contributed by atoms with Crippen LogP contribution in [0.15, 0.2) is 18.2 Å². The van der Waals surface area contributed by atoms with E-state index < -0.39 is 0 Å². The first-order valence-electron chi connectivity index (χ1n) is 13.1. The van der Waals surface area contributed by atoms with Gasteiger partial charge in [-0.25, -0.2) is 0 Å². The van der Waals surface area contributed by atoms with E-state index in [1.807, 2.05) is 17.0 Å². The zero-order valence-electron chi connectivity index (χ0n) is 21.5. The number of hydrogen-bond donors (Lipinski definition) is 0. The summed E-state index contributed by atoms with van der Waals surface area (Å²) in [6, 6.07) is 6.00. The zero-order valence-corrected chi connectivity index (χ0v) is 21.5. The first-order chi connectivity index (χ1) is 17.0. The molecule has 0 bridgehead atoms. The van der Waals surface area contributed by atoms with E-state index in [1.54, 1.807) is 32.3 Å². The molecule has 0 N–H and O–H groups in total. The van der Waals surface area contributed by atoms with Crippen LogP contribution < -0.4 is 14.4 Å². The molecule has 35 heavy (non-hydrogen) atoms. The van der Waals surface area contributed by atoms with Crippen LogP contribution in [0.2, 0.25) is 0 Å². The summed E-state index contributed by atoms with van der Waals surface area (Å²) in [5, 5.41) is 0. The molecule has 0 unspecified atom stereocenters. The van der Waals surface area contributed by atoms with Crippen molar-refractivity contribution in [3.8, 4) is 11.5 Å². The number of fused-ring (bicyclic) bond motifs is 1. The number of anilines is 1. The SMILES string of the molecule is COCCCN(C[C@@H]1CCCN2CCCC[C@@H]12)C(=O)[C@@H]1CC(=O)N(c2ccc(OC)cc2OC)C1. The van der Waals surface area contributed by atoms with Crippen LogP contribution in [0.3, 0.4) is 0 Å². The van der Waals surface area contributed by atoms with Crippen molar-refractivity contribution in [3.05, 3.63) is 18.2 Å². The Morgan fingerprint density at radius 1 is 1.09 bits per heavy atom. The number of ether oxygens (including phenoxy) is 3. The molecule has 0 aliphatic carbocycles. The minimum absolute atomic E-state index is 0.0419. The molecule has 0 spiro atoms. The Bertz CT molecular complexity index is 876. The second kappa shape index (κ2) is 12.1. The number of nitrogens with zero attached hydrogens (tertiary/aromatic N) is 3. The van der Waals surface area contributed by atoms with E-state index in [4.69, 9.17) is 14.2 Å². The number of piperidine rings is 2. The number of methoxy groups -OCH3 is 3. The molecule has 4 rings (SSSR count). The van der Waals surface area contributed by atoms with E-state index >= 15 is 0 Å². The molecule has 194 valence electrons. The highest BCUT2D eigenvalue weighted by molar-refractivity contribution is 6.01. The lowest BCUT2D eigenvalue weighted by Gasteiger charge is -2.46. The Labute approximate surface area is 209 Å². The minimum Gasteiger partial charge on any atom is -0.497 e. The van der Waals surface area contributed by atoms with Crippen molar-refractivity contribution in [2.45, 2.75) is 51.0 Å². The summed E-state index contributed by atoms with van der Waals surface area (Å²) in [7, 11) is 4.88. The van der Waals surface area contributed by atoms with E-state index in [-0.39, 0.29) is 24.2 Å². The lowest BCUT2D eigenvalue weighted by molar-refractivity contribution is -0.137. The van der Waals surface area contributed by atoms with Gasteiger partial charge >= 0.3 is 0 Å². The van der Waals surface area contributed by atoms with Gasteiger partial charge in [0.15, 0.2) is 0 Å². The van der Waals surface area contributed by atoms with Gasteiger partial charge in [-0.05, 0) is 63.2 Å². The van der Waals surface area contributed by atoms with Crippen molar-refractivity contribution in [2.75, 3.05) is 65.6 Å². The largest absolute Gasteiger partial charge is 0.497 e. The Kier molecular flexibility index (Phi) is 8.89. The average Bonchev–Trinajstić information content (AvgIpc) is 3.28.